The first-order valence-corrected chi connectivity index (χ1v) is 12.3. The van der Waals surface area contributed by atoms with Crippen molar-refractivity contribution in [1.82, 2.24) is 14.5 Å². The van der Waals surface area contributed by atoms with Crippen molar-refractivity contribution in [3.8, 4) is 11.4 Å². The van der Waals surface area contributed by atoms with Crippen LogP contribution in [-0.4, -0.2) is 34.1 Å². The van der Waals surface area contributed by atoms with Crippen molar-refractivity contribution in [2.75, 3.05) is 29.6 Å². The predicted molar refractivity (Wildman–Crippen MR) is 144 cm³/mol. The molecule has 1 aliphatic heterocycles. The molecule has 9 nitrogen and oxygen atoms in total. The average Bonchev–Trinajstić information content (AvgIpc) is 2.93. The predicted octanol–water partition coefficient (Wildman–Crippen LogP) is 4.36. The second kappa shape index (κ2) is 10.4. The van der Waals surface area contributed by atoms with E-state index in [1.165, 1.54) is 10.6 Å². The molecule has 3 heterocycles. The zero-order valence-electron chi connectivity index (χ0n) is 21.6. The molecule has 2 aromatic heterocycles. The van der Waals surface area contributed by atoms with Crippen molar-refractivity contribution in [2.45, 2.75) is 26.1 Å². The van der Waals surface area contributed by atoms with Crippen LogP contribution in [0.1, 0.15) is 32.7 Å². The number of amides is 1. The summed E-state index contributed by atoms with van der Waals surface area (Å²) < 4.78 is 46.3. The highest BCUT2D eigenvalue weighted by Gasteiger charge is 2.35. The zero-order valence-corrected chi connectivity index (χ0v) is 21.6. The number of rotatable bonds is 5. The van der Waals surface area contributed by atoms with E-state index in [2.05, 4.69) is 15.3 Å². The summed E-state index contributed by atoms with van der Waals surface area (Å²) in [6.07, 6.45) is -0.693. The van der Waals surface area contributed by atoms with Crippen molar-refractivity contribution < 1.29 is 22.7 Å². The molecule has 0 bridgehead atoms. The fourth-order valence-electron chi connectivity index (χ4n) is 4.71. The summed E-state index contributed by atoms with van der Waals surface area (Å²) in [6.45, 7) is 2.94. The molecule has 0 aliphatic carbocycles. The van der Waals surface area contributed by atoms with Crippen LogP contribution in [-0.2, 0) is 19.1 Å². The van der Waals surface area contributed by atoms with Gasteiger partial charge in [0.15, 0.2) is 0 Å². The number of nitrogen functional groups attached to an aromatic ring is 1. The third-order valence-electron chi connectivity index (χ3n) is 6.71. The molecular weight excluding hydrogens is 525 g/mol. The van der Waals surface area contributed by atoms with Gasteiger partial charge in [0.25, 0.3) is 11.5 Å². The van der Waals surface area contributed by atoms with Crippen LogP contribution in [0.2, 0.25) is 0 Å². The Labute approximate surface area is 227 Å². The van der Waals surface area contributed by atoms with Gasteiger partial charge in [0.2, 0.25) is 5.95 Å². The largest absolute Gasteiger partial charge is 0.496 e. The standard InChI is InChI=1S/C28H25F3N6O3/c1-16-9-12-37(26(39)24(16)36-11-10-22-18(15-36)14-33-27(32)35-22)20-6-4-19(5-7-20)34-25(38)17-3-8-23(40-2)21(13-17)28(29,30)31/h3-9,12-14H,10-11,15H2,1-2H3,(H,34,38)(H2,32,33,35). The number of ether oxygens (including phenoxy) is 1. The van der Waals surface area contributed by atoms with E-state index in [0.29, 0.717) is 36.6 Å². The van der Waals surface area contributed by atoms with Crippen LogP contribution in [0.5, 0.6) is 5.75 Å². The molecule has 5 rings (SSSR count). The van der Waals surface area contributed by atoms with Gasteiger partial charge >= 0.3 is 6.18 Å². The molecule has 0 saturated carbocycles. The first-order valence-electron chi connectivity index (χ1n) is 12.3. The van der Waals surface area contributed by atoms with Gasteiger partial charge in [0.1, 0.15) is 11.4 Å². The molecule has 1 amide bonds. The van der Waals surface area contributed by atoms with Crippen LogP contribution in [0.3, 0.4) is 0 Å². The fraction of sp³-hybridized carbons (Fsp3) is 0.214. The Hall–Kier alpha value is -4.87. The lowest BCUT2D eigenvalue weighted by Gasteiger charge is -2.30. The first kappa shape index (κ1) is 26.7. The van der Waals surface area contributed by atoms with Crippen molar-refractivity contribution in [1.29, 1.82) is 0 Å². The monoisotopic (exact) mass is 550 g/mol. The maximum absolute atomic E-state index is 13.6. The number of hydrogen-bond donors (Lipinski definition) is 2. The minimum atomic E-state index is -4.68. The van der Waals surface area contributed by atoms with E-state index in [0.717, 1.165) is 36.1 Å². The number of fused-ring (bicyclic) bond motifs is 1. The number of benzene rings is 2. The molecular formula is C28H25F3N6O3. The Kier molecular flexibility index (Phi) is 6.92. The van der Waals surface area contributed by atoms with E-state index in [9.17, 15) is 22.8 Å². The lowest BCUT2D eigenvalue weighted by Crippen LogP contribution is -2.37. The van der Waals surface area contributed by atoms with Crippen molar-refractivity contribution in [3.63, 3.8) is 0 Å². The lowest BCUT2D eigenvalue weighted by atomic mass is 10.1. The van der Waals surface area contributed by atoms with Gasteiger partial charge in [0, 0.05) is 54.4 Å². The van der Waals surface area contributed by atoms with Gasteiger partial charge in [-0.2, -0.15) is 13.2 Å². The Morgan fingerprint density at radius 3 is 2.58 bits per heavy atom. The lowest BCUT2D eigenvalue weighted by molar-refractivity contribution is -0.138. The van der Waals surface area contributed by atoms with E-state index >= 15 is 0 Å². The van der Waals surface area contributed by atoms with Crippen molar-refractivity contribution in [2.24, 2.45) is 0 Å². The van der Waals surface area contributed by atoms with Crippen LogP contribution < -0.4 is 26.2 Å². The van der Waals surface area contributed by atoms with Crippen molar-refractivity contribution in [3.05, 3.63) is 99.2 Å². The summed E-state index contributed by atoms with van der Waals surface area (Å²) >= 11 is 0. The van der Waals surface area contributed by atoms with Gasteiger partial charge in [0.05, 0.1) is 18.4 Å². The van der Waals surface area contributed by atoms with Crippen LogP contribution >= 0.6 is 0 Å². The third kappa shape index (κ3) is 5.20. The van der Waals surface area contributed by atoms with Crippen LogP contribution in [0.15, 0.2) is 65.7 Å². The minimum absolute atomic E-state index is 0.173. The first-order chi connectivity index (χ1) is 19.0. The van der Waals surface area contributed by atoms with Crippen molar-refractivity contribution >= 4 is 23.2 Å². The summed E-state index contributed by atoms with van der Waals surface area (Å²) in [5, 5.41) is 2.59. The number of methoxy groups -OCH3 is 1. The number of carbonyl (C=O) groups is 1. The Bertz CT molecular complexity index is 1650. The number of halogens is 3. The topological polar surface area (TPSA) is 115 Å². The van der Waals surface area contributed by atoms with E-state index in [1.807, 2.05) is 17.9 Å². The molecule has 0 fully saturated rings. The molecule has 40 heavy (non-hydrogen) atoms. The van der Waals surface area contributed by atoms with Crippen LogP contribution in [0.4, 0.5) is 30.5 Å². The number of aryl methyl sites for hydroxylation is 1. The number of pyridine rings is 1. The van der Waals surface area contributed by atoms with Crippen LogP contribution in [0, 0.1) is 6.92 Å². The molecule has 2 aromatic carbocycles. The number of aromatic nitrogens is 3. The second-order valence-electron chi connectivity index (χ2n) is 9.31. The van der Waals surface area contributed by atoms with Gasteiger partial charge in [-0.15, -0.1) is 0 Å². The number of alkyl halides is 3. The fourth-order valence-corrected chi connectivity index (χ4v) is 4.71. The number of nitrogens with zero attached hydrogens (tertiary/aromatic N) is 4. The van der Waals surface area contributed by atoms with Gasteiger partial charge in [-0.3, -0.25) is 14.2 Å². The molecule has 0 unspecified atom stereocenters. The molecule has 0 radical (unpaired) electrons. The van der Waals surface area contributed by atoms with E-state index in [-0.39, 0.29) is 22.8 Å². The molecule has 12 heteroatoms. The van der Waals surface area contributed by atoms with E-state index in [1.54, 1.807) is 36.7 Å². The summed E-state index contributed by atoms with van der Waals surface area (Å²) in [4.78, 5) is 36.6. The maximum atomic E-state index is 13.6. The van der Waals surface area contributed by atoms with Gasteiger partial charge in [-0.25, -0.2) is 9.97 Å². The number of hydrogen-bond acceptors (Lipinski definition) is 7. The summed E-state index contributed by atoms with van der Waals surface area (Å²) in [6, 6.07) is 11.4. The highest BCUT2D eigenvalue weighted by molar-refractivity contribution is 6.04. The molecule has 4 aromatic rings. The highest BCUT2D eigenvalue weighted by Crippen LogP contribution is 2.36. The zero-order chi connectivity index (χ0) is 28.6. The van der Waals surface area contributed by atoms with E-state index < -0.39 is 17.6 Å². The quantitative estimate of drug-likeness (QED) is 0.379. The average molecular weight is 551 g/mol. The smallest absolute Gasteiger partial charge is 0.419 e. The molecule has 206 valence electrons. The number of nitrogens with one attached hydrogen (secondary N) is 1. The summed E-state index contributed by atoms with van der Waals surface area (Å²) in [7, 11) is 1.13. The Morgan fingerprint density at radius 2 is 1.88 bits per heavy atom. The van der Waals surface area contributed by atoms with Gasteiger partial charge in [-0.1, -0.05) is 0 Å². The summed E-state index contributed by atoms with van der Waals surface area (Å²) in [5.41, 5.74) is 8.35. The molecule has 1 aliphatic rings. The third-order valence-corrected chi connectivity index (χ3v) is 6.71. The highest BCUT2D eigenvalue weighted by atomic mass is 19.4. The summed E-state index contributed by atoms with van der Waals surface area (Å²) in [5.74, 6) is -0.866. The van der Waals surface area contributed by atoms with E-state index in [4.69, 9.17) is 10.5 Å². The number of anilines is 3. The molecule has 3 N–H and O–H groups in total. The van der Waals surface area contributed by atoms with Gasteiger partial charge < -0.3 is 20.7 Å². The number of carbonyl (C=O) groups excluding carboxylic acids is 1. The maximum Gasteiger partial charge on any atom is 0.419 e. The molecule has 0 spiro atoms. The van der Waals surface area contributed by atoms with Crippen LogP contribution in [0.25, 0.3) is 5.69 Å². The normalized spacial score (nSPS) is 13.1. The Balaban J connectivity index is 1.37. The number of nitrogens with two attached hydrogens (primary N) is 1. The Morgan fingerprint density at radius 1 is 1.12 bits per heavy atom. The second-order valence-corrected chi connectivity index (χ2v) is 9.31. The molecule has 0 atom stereocenters. The SMILES string of the molecule is COc1ccc(C(=O)Nc2ccc(-n3ccc(C)c(N4CCc5nc(N)ncc5C4)c3=O)cc2)cc1C(F)(F)F. The van der Waals surface area contributed by atoms with Gasteiger partial charge in [-0.05, 0) is 61.0 Å². The minimum Gasteiger partial charge on any atom is -0.496 e. The molecule has 0 saturated heterocycles.